The van der Waals surface area contributed by atoms with Crippen LogP contribution in [0.3, 0.4) is 0 Å². The smallest absolute Gasteiger partial charge is 0.277 e. The highest BCUT2D eigenvalue weighted by atomic mass is 127. The van der Waals surface area contributed by atoms with E-state index in [1.54, 1.807) is 13.3 Å². The number of hydrogen-bond donors (Lipinski definition) is 1. The van der Waals surface area contributed by atoms with Crippen LogP contribution in [-0.4, -0.2) is 25.8 Å². The third-order valence-electron chi connectivity index (χ3n) is 2.97. The minimum atomic E-state index is -0.315. The fourth-order valence-electron chi connectivity index (χ4n) is 1.76. The fraction of sp³-hybridized carbons (Fsp3) is 0.176. The maximum Gasteiger partial charge on any atom is 0.277 e. The number of carbonyl (C=O) groups is 1. The lowest BCUT2D eigenvalue weighted by atomic mass is 10.2. The Labute approximate surface area is 148 Å². The monoisotopic (exact) mass is 424 g/mol. The van der Waals surface area contributed by atoms with Crippen LogP contribution in [0.25, 0.3) is 0 Å². The third-order valence-corrected chi connectivity index (χ3v) is 3.81. The quantitative estimate of drug-likeness (QED) is 0.441. The Kier molecular flexibility index (Phi) is 6.40. The van der Waals surface area contributed by atoms with Gasteiger partial charge >= 0.3 is 0 Å². The van der Waals surface area contributed by atoms with Crippen LogP contribution in [0.5, 0.6) is 11.5 Å². The first-order valence-electron chi connectivity index (χ1n) is 6.93. The molecule has 0 aliphatic carbocycles. The van der Waals surface area contributed by atoms with Gasteiger partial charge in [0.2, 0.25) is 0 Å². The van der Waals surface area contributed by atoms with Crippen LogP contribution < -0.4 is 14.9 Å². The molecule has 0 atom stereocenters. The summed E-state index contributed by atoms with van der Waals surface area (Å²) in [4.78, 5) is 11.7. The van der Waals surface area contributed by atoms with E-state index in [-0.39, 0.29) is 12.5 Å². The van der Waals surface area contributed by atoms with Crippen LogP contribution >= 0.6 is 22.6 Å². The second-order valence-corrected chi connectivity index (χ2v) is 5.95. The molecule has 2 aromatic rings. The van der Waals surface area contributed by atoms with E-state index in [4.69, 9.17) is 9.47 Å². The molecule has 1 N–H and O–H groups in total. The van der Waals surface area contributed by atoms with Crippen LogP contribution in [0, 0.1) is 10.5 Å². The van der Waals surface area contributed by atoms with E-state index in [1.807, 2.05) is 49.4 Å². The zero-order chi connectivity index (χ0) is 16.7. The SMILES string of the molecule is COc1ccc(/C=N/NC(=O)COc2ccc(C)cc2)cc1I. The van der Waals surface area contributed by atoms with E-state index < -0.39 is 0 Å². The van der Waals surface area contributed by atoms with Gasteiger partial charge in [0.1, 0.15) is 11.5 Å². The molecule has 0 radical (unpaired) electrons. The van der Waals surface area contributed by atoms with E-state index in [0.717, 1.165) is 20.4 Å². The Morgan fingerprint density at radius 3 is 2.65 bits per heavy atom. The molecule has 0 heterocycles. The highest BCUT2D eigenvalue weighted by molar-refractivity contribution is 14.1. The van der Waals surface area contributed by atoms with Gasteiger partial charge in [0.15, 0.2) is 6.61 Å². The van der Waals surface area contributed by atoms with Crippen molar-refractivity contribution in [3.8, 4) is 11.5 Å². The summed E-state index contributed by atoms with van der Waals surface area (Å²) in [6, 6.07) is 13.1. The second-order valence-electron chi connectivity index (χ2n) is 4.79. The zero-order valence-corrected chi connectivity index (χ0v) is 15.0. The van der Waals surface area contributed by atoms with Crippen LogP contribution in [0.15, 0.2) is 47.6 Å². The first kappa shape index (κ1) is 17.3. The number of nitrogens with zero attached hydrogens (tertiary/aromatic N) is 1. The van der Waals surface area contributed by atoms with E-state index in [2.05, 4.69) is 33.1 Å². The molecular weight excluding hydrogens is 407 g/mol. The number of hydrogen-bond acceptors (Lipinski definition) is 4. The first-order valence-corrected chi connectivity index (χ1v) is 8.01. The lowest BCUT2D eigenvalue weighted by Crippen LogP contribution is -2.24. The number of methoxy groups -OCH3 is 1. The molecule has 0 saturated carbocycles. The molecule has 0 unspecified atom stereocenters. The maximum atomic E-state index is 11.7. The minimum Gasteiger partial charge on any atom is -0.496 e. The Hall–Kier alpha value is -2.09. The highest BCUT2D eigenvalue weighted by Crippen LogP contribution is 2.20. The average molecular weight is 424 g/mol. The zero-order valence-electron chi connectivity index (χ0n) is 12.9. The van der Waals surface area contributed by atoms with Gasteiger partial charge in [-0.1, -0.05) is 17.7 Å². The number of nitrogens with one attached hydrogen (secondary N) is 1. The lowest BCUT2D eigenvalue weighted by Gasteiger charge is -2.05. The van der Waals surface area contributed by atoms with Gasteiger partial charge in [-0.15, -0.1) is 0 Å². The average Bonchev–Trinajstić information content (AvgIpc) is 2.54. The predicted molar refractivity (Wildman–Crippen MR) is 98.1 cm³/mol. The molecule has 0 saturated heterocycles. The third kappa shape index (κ3) is 5.55. The van der Waals surface area contributed by atoms with Gasteiger partial charge in [0, 0.05) is 0 Å². The summed E-state index contributed by atoms with van der Waals surface area (Å²) >= 11 is 2.18. The molecule has 0 aromatic heterocycles. The van der Waals surface area contributed by atoms with E-state index in [0.29, 0.717) is 5.75 Å². The van der Waals surface area contributed by atoms with E-state index >= 15 is 0 Å². The Morgan fingerprint density at radius 1 is 1.26 bits per heavy atom. The van der Waals surface area contributed by atoms with Crippen molar-refractivity contribution in [1.29, 1.82) is 0 Å². The number of hydrazone groups is 1. The normalized spacial score (nSPS) is 10.6. The highest BCUT2D eigenvalue weighted by Gasteiger charge is 2.02. The molecule has 0 bridgehead atoms. The summed E-state index contributed by atoms with van der Waals surface area (Å²) in [5.74, 6) is 1.14. The molecule has 0 spiro atoms. The topological polar surface area (TPSA) is 59.9 Å². The lowest BCUT2D eigenvalue weighted by molar-refractivity contribution is -0.123. The van der Waals surface area contributed by atoms with Gasteiger partial charge < -0.3 is 9.47 Å². The van der Waals surface area contributed by atoms with Crippen molar-refractivity contribution in [1.82, 2.24) is 5.43 Å². The summed E-state index contributed by atoms with van der Waals surface area (Å²) in [6.07, 6.45) is 1.57. The van der Waals surface area contributed by atoms with Crippen molar-refractivity contribution in [2.75, 3.05) is 13.7 Å². The van der Waals surface area contributed by atoms with Crippen molar-refractivity contribution in [3.05, 3.63) is 57.2 Å². The summed E-state index contributed by atoms with van der Waals surface area (Å²) < 4.78 is 11.5. The molecular formula is C17H17IN2O3. The van der Waals surface area contributed by atoms with Crippen LogP contribution in [-0.2, 0) is 4.79 Å². The van der Waals surface area contributed by atoms with Crippen LogP contribution in [0.4, 0.5) is 0 Å². The van der Waals surface area contributed by atoms with Gasteiger partial charge in [0.05, 0.1) is 16.9 Å². The summed E-state index contributed by atoms with van der Waals surface area (Å²) in [5.41, 5.74) is 4.44. The van der Waals surface area contributed by atoms with Crippen molar-refractivity contribution >= 4 is 34.7 Å². The Morgan fingerprint density at radius 2 is 2.00 bits per heavy atom. The van der Waals surface area contributed by atoms with E-state index in [1.165, 1.54) is 0 Å². The molecule has 1 amide bonds. The summed E-state index contributed by atoms with van der Waals surface area (Å²) in [7, 11) is 1.62. The molecule has 2 aromatic carbocycles. The molecule has 6 heteroatoms. The van der Waals surface area contributed by atoms with Crippen LogP contribution in [0.2, 0.25) is 0 Å². The largest absolute Gasteiger partial charge is 0.496 e. The number of amides is 1. The molecule has 0 aliphatic heterocycles. The molecule has 2 rings (SSSR count). The van der Waals surface area contributed by atoms with Gasteiger partial charge in [-0.3, -0.25) is 4.79 Å². The fourth-order valence-corrected chi connectivity index (χ4v) is 2.52. The van der Waals surface area contributed by atoms with Gasteiger partial charge in [-0.2, -0.15) is 5.10 Å². The van der Waals surface area contributed by atoms with Gasteiger partial charge in [0.25, 0.3) is 5.91 Å². The molecule has 0 fully saturated rings. The van der Waals surface area contributed by atoms with Crippen molar-refractivity contribution < 1.29 is 14.3 Å². The number of aryl methyl sites for hydroxylation is 1. The molecule has 5 nitrogen and oxygen atoms in total. The van der Waals surface area contributed by atoms with Gasteiger partial charge in [-0.25, -0.2) is 5.43 Å². The number of benzene rings is 2. The van der Waals surface area contributed by atoms with Crippen molar-refractivity contribution in [3.63, 3.8) is 0 Å². The number of ether oxygens (including phenoxy) is 2. The summed E-state index contributed by atoms with van der Waals surface area (Å²) in [6.45, 7) is 1.91. The standard InChI is InChI=1S/C17H17IN2O3/c1-12-3-6-14(7-4-12)23-11-17(21)20-19-10-13-5-8-16(22-2)15(18)9-13/h3-10H,11H2,1-2H3,(H,20,21)/b19-10+. The van der Waals surface area contributed by atoms with Crippen molar-refractivity contribution in [2.45, 2.75) is 6.92 Å². The maximum absolute atomic E-state index is 11.7. The minimum absolute atomic E-state index is 0.0828. The summed E-state index contributed by atoms with van der Waals surface area (Å²) in [5, 5.41) is 3.92. The predicted octanol–water partition coefficient (Wildman–Crippen LogP) is 3.14. The number of halogens is 1. The Balaban J connectivity index is 1.81. The second kappa shape index (κ2) is 8.52. The number of carbonyl (C=O) groups excluding carboxylic acids is 1. The van der Waals surface area contributed by atoms with Gasteiger partial charge in [-0.05, 0) is 65.4 Å². The van der Waals surface area contributed by atoms with E-state index in [9.17, 15) is 4.79 Å². The Bertz CT molecular complexity index is 699. The first-order chi connectivity index (χ1) is 11.1. The molecule has 0 aliphatic rings. The van der Waals surface area contributed by atoms with Crippen molar-refractivity contribution in [2.24, 2.45) is 5.10 Å². The molecule has 23 heavy (non-hydrogen) atoms. The molecule has 120 valence electrons. The van der Waals surface area contributed by atoms with Crippen LogP contribution in [0.1, 0.15) is 11.1 Å². The number of rotatable bonds is 6.